The Labute approximate surface area is 103 Å². The van der Waals surface area contributed by atoms with Crippen molar-refractivity contribution in [2.24, 2.45) is 4.99 Å². The van der Waals surface area contributed by atoms with Gasteiger partial charge in [0.05, 0.1) is 10.7 Å². The van der Waals surface area contributed by atoms with Crippen molar-refractivity contribution in [1.82, 2.24) is 0 Å². The molecule has 1 N–H and O–H groups in total. The fraction of sp³-hybridized carbons (Fsp3) is 0. The smallest absolute Gasteiger partial charge is 0.124 e. The van der Waals surface area contributed by atoms with Gasteiger partial charge < -0.3 is 5.11 Å². The van der Waals surface area contributed by atoms with Gasteiger partial charge >= 0.3 is 0 Å². The molecule has 0 spiro atoms. The van der Waals surface area contributed by atoms with E-state index in [0.29, 0.717) is 11.3 Å². The number of aliphatic imine (C=N–C) groups is 1. The SMILES string of the molecule is Oc1ccccc1C=Nc1ccc(F)cc1Cl. The van der Waals surface area contributed by atoms with Crippen LogP contribution in [0.4, 0.5) is 10.1 Å². The number of nitrogens with zero attached hydrogens (tertiary/aromatic N) is 1. The van der Waals surface area contributed by atoms with Gasteiger partial charge in [-0.3, -0.25) is 4.99 Å². The van der Waals surface area contributed by atoms with Crippen LogP contribution in [-0.4, -0.2) is 11.3 Å². The van der Waals surface area contributed by atoms with Gasteiger partial charge in [0.25, 0.3) is 0 Å². The highest BCUT2D eigenvalue weighted by Gasteiger charge is 2.00. The number of hydrogen-bond donors (Lipinski definition) is 1. The van der Waals surface area contributed by atoms with Gasteiger partial charge in [0.1, 0.15) is 11.6 Å². The minimum atomic E-state index is -0.406. The van der Waals surface area contributed by atoms with Crippen LogP contribution >= 0.6 is 11.6 Å². The zero-order valence-electron chi connectivity index (χ0n) is 8.77. The normalized spacial score (nSPS) is 10.9. The Morgan fingerprint density at radius 2 is 1.94 bits per heavy atom. The lowest BCUT2D eigenvalue weighted by atomic mass is 10.2. The summed E-state index contributed by atoms with van der Waals surface area (Å²) in [6.07, 6.45) is 1.48. The summed E-state index contributed by atoms with van der Waals surface area (Å²) in [5, 5.41) is 9.75. The molecule has 86 valence electrons. The second-order valence-corrected chi connectivity index (χ2v) is 3.82. The third-order valence-corrected chi connectivity index (χ3v) is 2.49. The summed E-state index contributed by atoms with van der Waals surface area (Å²) in [7, 11) is 0. The van der Waals surface area contributed by atoms with E-state index in [1.807, 2.05) is 0 Å². The lowest BCUT2D eigenvalue weighted by molar-refractivity contribution is 0.474. The maximum absolute atomic E-state index is 12.8. The Balaban J connectivity index is 2.29. The maximum atomic E-state index is 12.8. The van der Waals surface area contributed by atoms with Gasteiger partial charge in [-0.15, -0.1) is 0 Å². The average molecular weight is 250 g/mol. The first-order valence-electron chi connectivity index (χ1n) is 4.94. The van der Waals surface area contributed by atoms with Crippen LogP contribution in [0.5, 0.6) is 5.75 Å². The molecule has 4 heteroatoms. The molecule has 0 bridgehead atoms. The highest BCUT2D eigenvalue weighted by Crippen LogP contribution is 2.25. The van der Waals surface area contributed by atoms with Gasteiger partial charge in [0.2, 0.25) is 0 Å². The van der Waals surface area contributed by atoms with Crippen LogP contribution in [0.3, 0.4) is 0 Å². The van der Waals surface area contributed by atoms with Crippen LogP contribution in [0.25, 0.3) is 0 Å². The first kappa shape index (κ1) is 11.6. The quantitative estimate of drug-likeness (QED) is 0.804. The Morgan fingerprint density at radius 1 is 1.18 bits per heavy atom. The van der Waals surface area contributed by atoms with Crippen molar-refractivity contribution in [2.45, 2.75) is 0 Å². The summed E-state index contributed by atoms with van der Waals surface area (Å²) >= 11 is 5.82. The fourth-order valence-electron chi connectivity index (χ4n) is 1.32. The van der Waals surface area contributed by atoms with E-state index < -0.39 is 5.82 Å². The standard InChI is InChI=1S/C13H9ClFNO/c14-11-7-10(15)5-6-12(11)16-8-9-3-1-2-4-13(9)17/h1-8,17H. The summed E-state index contributed by atoms with van der Waals surface area (Å²) in [6, 6.07) is 10.7. The summed E-state index contributed by atoms with van der Waals surface area (Å²) < 4.78 is 12.8. The van der Waals surface area contributed by atoms with Crippen molar-refractivity contribution in [2.75, 3.05) is 0 Å². The Hall–Kier alpha value is -1.87. The first-order valence-corrected chi connectivity index (χ1v) is 5.32. The number of phenols is 1. The Kier molecular flexibility index (Phi) is 3.40. The number of phenolic OH excluding ortho intramolecular Hbond substituents is 1. The average Bonchev–Trinajstić information content (AvgIpc) is 2.30. The molecular weight excluding hydrogens is 241 g/mol. The van der Waals surface area contributed by atoms with Crippen molar-refractivity contribution in [3.05, 3.63) is 58.9 Å². The lowest BCUT2D eigenvalue weighted by Gasteiger charge is -1.99. The van der Waals surface area contributed by atoms with Crippen molar-refractivity contribution in [3.8, 4) is 5.75 Å². The number of benzene rings is 2. The molecule has 2 aromatic rings. The molecule has 0 radical (unpaired) electrons. The third kappa shape index (κ3) is 2.82. The van der Waals surface area contributed by atoms with Crippen molar-refractivity contribution >= 4 is 23.5 Å². The molecule has 0 aromatic heterocycles. The predicted molar refractivity (Wildman–Crippen MR) is 66.8 cm³/mol. The van der Waals surface area contributed by atoms with E-state index in [1.54, 1.807) is 24.3 Å². The topological polar surface area (TPSA) is 32.6 Å². The van der Waals surface area contributed by atoms with E-state index in [1.165, 1.54) is 24.4 Å². The molecule has 0 aliphatic rings. The van der Waals surface area contributed by atoms with E-state index in [0.717, 1.165) is 0 Å². The molecule has 0 atom stereocenters. The zero-order chi connectivity index (χ0) is 12.3. The lowest BCUT2D eigenvalue weighted by Crippen LogP contribution is -1.81. The molecule has 0 saturated heterocycles. The number of aromatic hydroxyl groups is 1. The van der Waals surface area contributed by atoms with Gasteiger partial charge in [-0.05, 0) is 30.3 Å². The van der Waals surface area contributed by atoms with Crippen molar-refractivity contribution < 1.29 is 9.50 Å². The maximum Gasteiger partial charge on any atom is 0.124 e. The summed E-state index contributed by atoms with van der Waals surface area (Å²) in [5.41, 5.74) is 1.03. The molecule has 0 saturated carbocycles. The fourth-order valence-corrected chi connectivity index (χ4v) is 1.54. The van der Waals surface area contributed by atoms with Gasteiger partial charge in [-0.25, -0.2) is 4.39 Å². The van der Waals surface area contributed by atoms with E-state index in [9.17, 15) is 9.50 Å². The zero-order valence-corrected chi connectivity index (χ0v) is 9.53. The van der Waals surface area contributed by atoms with Gasteiger partial charge in [-0.2, -0.15) is 0 Å². The summed E-state index contributed by atoms with van der Waals surface area (Å²) in [4.78, 5) is 4.09. The number of halogens is 2. The molecule has 0 unspecified atom stereocenters. The molecule has 2 aromatic carbocycles. The molecule has 0 aliphatic heterocycles. The molecule has 0 fully saturated rings. The molecule has 0 aliphatic carbocycles. The Morgan fingerprint density at radius 3 is 2.65 bits per heavy atom. The van der Waals surface area contributed by atoms with E-state index in [-0.39, 0.29) is 10.8 Å². The third-order valence-electron chi connectivity index (χ3n) is 2.19. The molecule has 2 nitrogen and oxygen atoms in total. The molecular formula is C13H9ClFNO. The highest BCUT2D eigenvalue weighted by atomic mass is 35.5. The largest absolute Gasteiger partial charge is 0.507 e. The monoisotopic (exact) mass is 249 g/mol. The van der Waals surface area contributed by atoms with E-state index in [2.05, 4.69) is 4.99 Å². The summed E-state index contributed by atoms with van der Waals surface area (Å²) in [6.45, 7) is 0. The van der Waals surface area contributed by atoms with Crippen LogP contribution in [0.1, 0.15) is 5.56 Å². The second kappa shape index (κ2) is 4.97. The first-order chi connectivity index (χ1) is 8.16. The Bertz CT molecular complexity index is 569. The van der Waals surface area contributed by atoms with Gasteiger partial charge in [0.15, 0.2) is 0 Å². The molecule has 2 rings (SSSR count). The van der Waals surface area contributed by atoms with Crippen LogP contribution in [0, 0.1) is 5.82 Å². The van der Waals surface area contributed by atoms with Crippen LogP contribution < -0.4 is 0 Å². The van der Waals surface area contributed by atoms with E-state index >= 15 is 0 Å². The van der Waals surface area contributed by atoms with Crippen LogP contribution in [-0.2, 0) is 0 Å². The van der Waals surface area contributed by atoms with E-state index in [4.69, 9.17) is 11.6 Å². The highest BCUT2D eigenvalue weighted by molar-refractivity contribution is 6.33. The number of hydrogen-bond acceptors (Lipinski definition) is 2. The molecule has 0 heterocycles. The van der Waals surface area contributed by atoms with Crippen molar-refractivity contribution in [1.29, 1.82) is 0 Å². The molecule has 0 amide bonds. The minimum absolute atomic E-state index is 0.134. The van der Waals surface area contributed by atoms with Gasteiger partial charge in [0, 0.05) is 11.8 Å². The van der Waals surface area contributed by atoms with Crippen molar-refractivity contribution in [3.63, 3.8) is 0 Å². The summed E-state index contributed by atoms with van der Waals surface area (Å²) in [5.74, 6) is -0.272. The number of para-hydroxylation sites is 1. The molecule has 17 heavy (non-hydrogen) atoms. The second-order valence-electron chi connectivity index (χ2n) is 3.41. The van der Waals surface area contributed by atoms with Crippen LogP contribution in [0.2, 0.25) is 5.02 Å². The van der Waals surface area contributed by atoms with Crippen LogP contribution in [0.15, 0.2) is 47.5 Å². The number of rotatable bonds is 2. The van der Waals surface area contributed by atoms with Gasteiger partial charge in [-0.1, -0.05) is 23.7 Å². The predicted octanol–water partition coefficient (Wildman–Crippen LogP) is 3.94. The minimum Gasteiger partial charge on any atom is -0.507 e.